The molecule has 1 fully saturated rings. The fourth-order valence-electron chi connectivity index (χ4n) is 5.92. The van der Waals surface area contributed by atoms with Gasteiger partial charge in [0.05, 0.1) is 17.9 Å². The lowest BCUT2D eigenvalue weighted by Crippen LogP contribution is -2.51. The molecule has 1 aromatic carbocycles. The number of aromatic nitrogens is 5. The van der Waals surface area contributed by atoms with Crippen LogP contribution in [0.15, 0.2) is 47.4 Å². The van der Waals surface area contributed by atoms with Crippen LogP contribution in [0.25, 0.3) is 11.4 Å². The molecule has 0 saturated carbocycles. The Morgan fingerprint density at radius 1 is 1.10 bits per heavy atom. The van der Waals surface area contributed by atoms with Crippen LogP contribution in [0.1, 0.15) is 46.5 Å². The number of fused-ring (bicyclic) bond motifs is 1. The SMILES string of the molecule is CCc1c(N2CCN(C(=O)c3ncccc3O)CC2)c(=O)n2nc(C3=CC(=O)OCC3)nc2n1CC(=O)Nc1ccc(C(F)(F)F)cc1C. The Kier molecular flexibility index (Phi) is 8.83. The van der Waals surface area contributed by atoms with E-state index in [4.69, 9.17) is 4.74 Å². The number of nitrogens with one attached hydrogen (secondary N) is 1. The molecule has 2 amide bonds. The quantitative estimate of drug-likeness (QED) is 0.278. The van der Waals surface area contributed by atoms with Crippen molar-refractivity contribution in [3.63, 3.8) is 0 Å². The van der Waals surface area contributed by atoms with Crippen LogP contribution >= 0.6 is 0 Å². The highest BCUT2D eigenvalue weighted by atomic mass is 19.4. The largest absolute Gasteiger partial charge is 0.505 e. The molecule has 6 rings (SSSR count). The number of hydrogen-bond acceptors (Lipinski definition) is 10. The number of piperazine rings is 1. The smallest absolute Gasteiger partial charge is 0.416 e. The van der Waals surface area contributed by atoms with E-state index in [1.165, 1.54) is 46.9 Å². The van der Waals surface area contributed by atoms with E-state index in [9.17, 15) is 37.5 Å². The zero-order valence-electron chi connectivity index (χ0n) is 26.5. The van der Waals surface area contributed by atoms with E-state index in [1.807, 2.05) is 0 Å². The molecule has 1 saturated heterocycles. The molecular weight excluding hydrogens is 649 g/mol. The van der Waals surface area contributed by atoms with Crippen molar-refractivity contribution in [3.05, 3.63) is 81.3 Å². The predicted molar refractivity (Wildman–Crippen MR) is 169 cm³/mol. The topological polar surface area (TPSA) is 164 Å². The number of rotatable bonds is 7. The monoisotopic (exact) mass is 680 g/mol. The van der Waals surface area contributed by atoms with Gasteiger partial charge in [-0.2, -0.15) is 22.7 Å². The molecule has 0 radical (unpaired) electrons. The lowest BCUT2D eigenvalue weighted by atomic mass is 10.1. The third-order valence-corrected chi connectivity index (χ3v) is 8.36. The first-order valence-corrected chi connectivity index (χ1v) is 15.4. The molecule has 5 heterocycles. The molecule has 14 nitrogen and oxygen atoms in total. The highest BCUT2D eigenvalue weighted by molar-refractivity contribution is 5.95. The summed E-state index contributed by atoms with van der Waals surface area (Å²) < 4.78 is 47.2. The second kappa shape index (κ2) is 13.0. The maximum atomic E-state index is 14.1. The molecule has 2 aliphatic heterocycles. The molecule has 4 aromatic rings. The number of aromatic hydroxyl groups is 1. The number of carbonyl (C=O) groups excluding carboxylic acids is 3. The molecule has 2 N–H and O–H groups in total. The summed E-state index contributed by atoms with van der Waals surface area (Å²) in [6.07, 6.45) is -1.33. The fourth-order valence-corrected chi connectivity index (χ4v) is 5.92. The molecule has 0 atom stereocenters. The summed E-state index contributed by atoms with van der Waals surface area (Å²) in [5, 5.41) is 17.2. The molecule has 256 valence electrons. The van der Waals surface area contributed by atoms with Gasteiger partial charge in [0.25, 0.3) is 11.5 Å². The Hall–Kier alpha value is -5.74. The molecule has 3 aromatic heterocycles. The normalized spacial score (nSPS) is 15.3. The van der Waals surface area contributed by atoms with E-state index in [0.29, 0.717) is 17.7 Å². The van der Waals surface area contributed by atoms with Gasteiger partial charge in [0.1, 0.15) is 18.0 Å². The van der Waals surface area contributed by atoms with Gasteiger partial charge in [0, 0.05) is 56.1 Å². The first-order chi connectivity index (χ1) is 23.3. The van der Waals surface area contributed by atoms with Gasteiger partial charge in [-0.3, -0.25) is 14.4 Å². The average Bonchev–Trinajstić information content (AvgIpc) is 3.53. The van der Waals surface area contributed by atoms with Crippen LogP contribution in [0.2, 0.25) is 0 Å². The summed E-state index contributed by atoms with van der Waals surface area (Å²) >= 11 is 0. The number of amides is 2. The van der Waals surface area contributed by atoms with Crippen molar-refractivity contribution in [2.24, 2.45) is 0 Å². The van der Waals surface area contributed by atoms with Crippen LogP contribution in [-0.2, 0) is 33.5 Å². The van der Waals surface area contributed by atoms with Gasteiger partial charge in [-0.1, -0.05) is 6.92 Å². The average molecular weight is 681 g/mol. The zero-order chi connectivity index (χ0) is 35.0. The maximum absolute atomic E-state index is 14.1. The summed E-state index contributed by atoms with van der Waals surface area (Å²) in [5.41, 5.74) is 0.0443. The van der Waals surface area contributed by atoms with Gasteiger partial charge in [-0.05, 0) is 49.2 Å². The minimum atomic E-state index is -4.55. The van der Waals surface area contributed by atoms with Crippen LogP contribution in [0.3, 0.4) is 0 Å². The number of nitrogens with zero attached hydrogens (tertiary/aromatic N) is 7. The number of aryl methyl sites for hydroxylation is 1. The number of ether oxygens (including phenoxy) is 1. The van der Waals surface area contributed by atoms with E-state index < -0.39 is 35.1 Å². The van der Waals surface area contributed by atoms with Gasteiger partial charge in [-0.25, -0.2) is 9.78 Å². The Bertz CT molecular complexity index is 2060. The maximum Gasteiger partial charge on any atom is 0.416 e. The van der Waals surface area contributed by atoms with Gasteiger partial charge in [0.15, 0.2) is 11.5 Å². The molecule has 49 heavy (non-hydrogen) atoms. The Morgan fingerprint density at radius 3 is 2.51 bits per heavy atom. The molecule has 0 spiro atoms. The van der Waals surface area contributed by atoms with Crippen LogP contribution in [0.5, 0.6) is 5.75 Å². The minimum absolute atomic E-state index is 0.0270. The van der Waals surface area contributed by atoms with E-state index in [-0.39, 0.29) is 85.7 Å². The van der Waals surface area contributed by atoms with Crippen LogP contribution < -0.4 is 15.8 Å². The van der Waals surface area contributed by atoms with Crippen LogP contribution in [-0.4, -0.2) is 84.7 Å². The predicted octanol–water partition coefficient (Wildman–Crippen LogP) is 2.81. The Balaban J connectivity index is 1.36. The highest BCUT2D eigenvalue weighted by Gasteiger charge is 2.32. The molecule has 0 unspecified atom stereocenters. The molecule has 2 aliphatic rings. The number of cyclic esters (lactones) is 1. The first-order valence-electron chi connectivity index (χ1n) is 15.4. The third-order valence-electron chi connectivity index (χ3n) is 8.36. The summed E-state index contributed by atoms with van der Waals surface area (Å²) in [7, 11) is 0. The van der Waals surface area contributed by atoms with E-state index in [1.54, 1.807) is 11.8 Å². The second-order valence-electron chi connectivity index (χ2n) is 11.5. The summed E-state index contributed by atoms with van der Waals surface area (Å²) in [5.74, 6) is -1.75. The molecular formula is C32H31F3N8O6. The Morgan fingerprint density at radius 2 is 1.86 bits per heavy atom. The van der Waals surface area contributed by atoms with Crippen LogP contribution in [0.4, 0.5) is 24.5 Å². The van der Waals surface area contributed by atoms with E-state index >= 15 is 0 Å². The molecule has 0 aliphatic carbocycles. The van der Waals surface area contributed by atoms with Gasteiger partial charge in [-0.15, -0.1) is 5.10 Å². The second-order valence-corrected chi connectivity index (χ2v) is 11.5. The zero-order valence-corrected chi connectivity index (χ0v) is 26.5. The highest BCUT2D eigenvalue weighted by Crippen LogP contribution is 2.32. The molecule has 17 heteroatoms. The summed E-state index contributed by atoms with van der Waals surface area (Å²) in [4.78, 5) is 64.5. The Labute approximate surface area is 276 Å². The van der Waals surface area contributed by atoms with Crippen molar-refractivity contribution in [2.75, 3.05) is 43.0 Å². The summed E-state index contributed by atoms with van der Waals surface area (Å²) in [6, 6.07) is 5.88. The van der Waals surface area contributed by atoms with Crippen molar-refractivity contribution < 1.29 is 37.4 Å². The van der Waals surface area contributed by atoms with Gasteiger partial charge in [0.2, 0.25) is 11.7 Å². The number of carbonyl (C=O) groups is 3. The van der Waals surface area contributed by atoms with Gasteiger partial charge < -0.3 is 29.5 Å². The lowest BCUT2D eigenvalue weighted by molar-refractivity contribution is -0.138. The third kappa shape index (κ3) is 6.55. The number of pyridine rings is 1. The van der Waals surface area contributed by atoms with Crippen molar-refractivity contribution in [1.29, 1.82) is 0 Å². The van der Waals surface area contributed by atoms with Crippen molar-refractivity contribution in [1.82, 2.24) is 29.0 Å². The number of esters is 1. The van der Waals surface area contributed by atoms with E-state index in [0.717, 1.165) is 16.6 Å². The number of hydrogen-bond donors (Lipinski definition) is 2. The van der Waals surface area contributed by atoms with Crippen LogP contribution in [0, 0.1) is 6.92 Å². The lowest BCUT2D eigenvalue weighted by Gasteiger charge is -2.36. The van der Waals surface area contributed by atoms with E-state index in [2.05, 4.69) is 20.4 Å². The first kappa shape index (κ1) is 33.2. The number of halogens is 3. The number of anilines is 2. The van der Waals surface area contributed by atoms with Crippen molar-refractivity contribution in [2.45, 2.75) is 39.4 Å². The van der Waals surface area contributed by atoms with Crippen molar-refractivity contribution >= 4 is 40.5 Å². The van der Waals surface area contributed by atoms with Gasteiger partial charge >= 0.3 is 12.1 Å². The number of alkyl halides is 3. The standard InChI is InChI=1S/C32H31F3N8O6/c1-3-22-27(40-10-12-41(13-11-40)29(47)26-23(44)5-4-9-36-26)30(48)43-31(38-28(39-43)19-8-14-49-25(46)16-19)42(22)17-24(45)37-21-7-6-20(15-18(21)2)32(33,34)35/h4-7,9,15-16,44H,3,8,10-14,17H2,1-2H3,(H,37,45). The van der Waals surface area contributed by atoms with Crippen molar-refractivity contribution in [3.8, 4) is 5.75 Å². The fraction of sp³-hybridized carbons (Fsp3) is 0.344. The summed E-state index contributed by atoms with van der Waals surface area (Å²) in [6.45, 7) is 3.81. The number of benzene rings is 1. The molecule has 0 bridgehead atoms. The minimum Gasteiger partial charge on any atom is -0.505 e.